The monoisotopic (exact) mass is 262 g/mol. The SMILES string of the molecule is CC(C)Oc1ccc(CN(C)CC2CCNC2)cc1. The van der Waals surface area contributed by atoms with Crippen LogP contribution in [0.4, 0.5) is 0 Å². The van der Waals surface area contributed by atoms with Gasteiger partial charge in [-0.3, -0.25) is 0 Å². The summed E-state index contributed by atoms with van der Waals surface area (Å²) in [5.41, 5.74) is 1.35. The van der Waals surface area contributed by atoms with Gasteiger partial charge in [0, 0.05) is 13.1 Å². The largest absolute Gasteiger partial charge is 0.491 e. The molecule has 0 spiro atoms. The molecule has 1 saturated heterocycles. The van der Waals surface area contributed by atoms with Crippen LogP contribution in [0.15, 0.2) is 24.3 Å². The van der Waals surface area contributed by atoms with Crippen molar-refractivity contribution in [2.45, 2.75) is 32.9 Å². The Labute approximate surface area is 116 Å². The number of rotatable bonds is 6. The Bertz CT molecular complexity index is 369. The third-order valence-corrected chi connectivity index (χ3v) is 3.48. The fourth-order valence-electron chi connectivity index (χ4n) is 2.63. The molecule has 0 aromatic heterocycles. The molecule has 3 nitrogen and oxygen atoms in total. The van der Waals surface area contributed by atoms with Gasteiger partial charge < -0.3 is 15.0 Å². The molecule has 1 heterocycles. The Morgan fingerprint density at radius 1 is 1.32 bits per heavy atom. The molecular weight excluding hydrogens is 236 g/mol. The van der Waals surface area contributed by atoms with E-state index in [0.717, 1.165) is 18.2 Å². The summed E-state index contributed by atoms with van der Waals surface area (Å²) in [7, 11) is 2.21. The van der Waals surface area contributed by atoms with Gasteiger partial charge in [0.05, 0.1) is 6.10 Å². The smallest absolute Gasteiger partial charge is 0.119 e. The van der Waals surface area contributed by atoms with Gasteiger partial charge in [0.2, 0.25) is 0 Å². The molecule has 0 saturated carbocycles. The Morgan fingerprint density at radius 2 is 2.05 bits per heavy atom. The van der Waals surface area contributed by atoms with Crippen molar-refractivity contribution in [3.63, 3.8) is 0 Å². The molecule has 3 heteroatoms. The lowest BCUT2D eigenvalue weighted by molar-refractivity contribution is 0.242. The minimum atomic E-state index is 0.239. The molecule has 1 atom stereocenters. The zero-order valence-electron chi connectivity index (χ0n) is 12.4. The number of benzene rings is 1. The van der Waals surface area contributed by atoms with E-state index in [0.29, 0.717) is 0 Å². The van der Waals surface area contributed by atoms with E-state index in [9.17, 15) is 0 Å². The Kier molecular flexibility index (Phi) is 5.23. The highest BCUT2D eigenvalue weighted by atomic mass is 16.5. The maximum Gasteiger partial charge on any atom is 0.119 e. The zero-order valence-corrected chi connectivity index (χ0v) is 12.4. The van der Waals surface area contributed by atoms with Crippen LogP contribution in [-0.2, 0) is 6.54 Å². The van der Waals surface area contributed by atoms with Crippen LogP contribution in [0.5, 0.6) is 5.75 Å². The van der Waals surface area contributed by atoms with E-state index < -0.39 is 0 Å². The minimum absolute atomic E-state index is 0.239. The number of nitrogens with zero attached hydrogens (tertiary/aromatic N) is 1. The van der Waals surface area contributed by atoms with Crippen LogP contribution < -0.4 is 10.1 Å². The standard InChI is InChI=1S/C16H26N2O/c1-13(2)19-16-6-4-14(5-7-16)11-18(3)12-15-8-9-17-10-15/h4-7,13,15,17H,8-12H2,1-3H3. The molecular formula is C16H26N2O. The summed E-state index contributed by atoms with van der Waals surface area (Å²) in [5.74, 6) is 1.77. The lowest BCUT2D eigenvalue weighted by Gasteiger charge is -2.20. The predicted molar refractivity (Wildman–Crippen MR) is 79.5 cm³/mol. The summed E-state index contributed by atoms with van der Waals surface area (Å²) >= 11 is 0. The van der Waals surface area contributed by atoms with Crippen molar-refractivity contribution >= 4 is 0 Å². The summed E-state index contributed by atoms with van der Waals surface area (Å²) in [5, 5.41) is 3.42. The molecule has 0 radical (unpaired) electrons. The lowest BCUT2D eigenvalue weighted by Crippen LogP contribution is -2.26. The van der Waals surface area contributed by atoms with E-state index in [1.807, 2.05) is 0 Å². The second-order valence-electron chi connectivity index (χ2n) is 5.87. The van der Waals surface area contributed by atoms with Crippen molar-refractivity contribution in [2.75, 3.05) is 26.7 Å². The fourth-order valence-corrected chi connectivity index (χ4v) is 2.63. The normalized spacial score (nSPS) is 19.3. The average molecular weight is 262 g/mol. The van der Waals surface area contributed by atoms with Gasteiger partial charge in [-0.2, -0.15) is 0 Å². The first-order valence-electron chi connectivity index (χ1n) is 7.28. The molecule has 0 aliphatic carbocycles. The highest BCUT2D eigenvalue weighted by molar-refractivity contribution is 5.27. The predicted octanol–water partition coefficient (Wildman–Crippen LogP) is 2.52. The molecule has 19 heavy (non-hydrogen) atoms. The van der Waals surface area contributed by atoms with Crippen molar-refractivity contribution in [2.24, 2.45) is 5.92 Å². The average Bonchev–Trinajstić information content (AvgIpc) is 2.83. The van der Waals surface area contributed by atoms with E-state index in [1.165, 1.54) is 31.6 Å². The molecule has 1 N–H and O–H groups in total. The quantitative estimate of drug-likeness (QED) is 0.852. The van der Waals surface area contributed by atoms with Gasteiger partial charge in [-0.25, -0.2) is 0 Å². The van der Waals surface area contributed by atoms with Gasteiger partial charge in [0.1, 0.15) is 5.75 Å². The van der Waals surface area contributed by atoms with E-state index in [1.54, 1.807) is 0 Å². The number of nitrogens with one attached hydrogen (secondary N) is 1. The van der Waals surface area contributed by atoms with Crippen LogP contribution >= 0.6 is 0 Å². The van der Waals surface area contributed by atoms with Crippen LogP contribution in [0.2, 0.25) is 0 Å². The van der Waals surface area contributed by atoms with Crippen molar-refractivity contribution in [1.82, 2.24) is 10.2 Å². The molecule has 1 aromatic rings. The summed E-state index contributed by atoms with van der Waals surface area (Å²) in [6.07, 6.45) is 1.55. The summed E-state index contributed by atoms with van der Waals surface area (Å²) in [4.78, 5) is 2.41. The molecule has 106 valence electrons. The van der Waals surface area contributed by atoms with Crippen LogP contribution in [0.25, 0.3) is 0 Å². The molecule has 1 fully saturated rings. The molecule has 1 unspecified atom stereocenters. The second kappa shape index (κ2) is 6.92. The number of hydrogen-bond donors (Lipinski definition) is 1. The van der Waals surface area contributed by atoms with Crippen LogP contribution in [0, 0.1) is 5.92 Å². The van der Waals surface area contributed by atoms with Crippen molar-refractivity contribution in [1.29, 1.82) is 0 Å². The Hall–Kier alpha value is -1.06. The molecule has 1 aliphatic rings. The van der Waals surface area contributed by atoms with Crippen LogP contribution in [0.3, 0.4) is 0 Å². The summed E-state index contributed by atoms with van der Waals surface area (Å²) < 4.78 is 5.66. The third kappa shape index (κ3) is 4.84. The minimum Gasteiger partial charge on any atom is -0.491 e. The molecule has 0 amide bonds. The first-order valence-corrected chi connectivity index (χ1v) is 7.28. The van der Waals surface area contributed by atoms with E-state index >= 15 is 0 Å². The van der Waals surface area contributed by atoms with Gasteiger partial charge >= 0.3 is 0 Å². The lowest BCUT2D eigenvalue weighted by atomic mass is 10.1. The summed E-state index contributed by atoms with van der Waals surface area (Å²) in [6.45, 7) is 8.65. The number of ether oxygens (including phenoxy) is 1. The van der Waals surface area contributed by atoms with E-state index in [-0.39, 0.29) is 6.10 Å². The topological polar surface area (TPSA) is 24.5 Å². The van der Waals surface area contributed by atoms with Crippen molar-refractivity contribution in [3.8, 4) is 5.75 Å². The fraction of sp³-hybridized carbons (Fsp3) is 0.625. The Morgan fingerprint density at radius 3 is 2.63 bits per heavy atom. The highest BCUT2D eigenvalue weighted by Crippen LogP contribution is 2.16. The van der Waals surface area contributed by atoms with Crippen molar-refractivity contribution < 1.29 is 4.74 Å². The Balaban J connectivity index is 1.81. The van der Waals surface area contributed by atoms with Gasteiger partial charge in [0.15, 0.2) is 0 Å². The van der Waals surface area contributed by atoms with Crippen LogP contribution in [0.1, 0.15) is 25.8 Å². The number of hydrogen-bond acceptors (Lipinski definition) is 3. The van der Waals surface area contributed by atoms with E-state index in [2.05, 4.69) is 55.4 Å². The first-order chi connectivity index (χ1) is 9.13. The summed E-state index contributed by atoms with van der Waals surface area (Å²) in [6, 6.07) is 8.48. The molecule has 1 aromatic carbocycles. The second-order valence-corrected chi connectivity index (χ2v) is 5.87. The van der Waals surface area contributed by atoms with Crippen molar-refractivity contribution in [3.05, 3.63) is 29.8 Å². The highest BCUT2D eigenvalue weighted by Gasteiger charge is 2.16. The van der Waals surface area contributed by atoms with Gasteiger partial charge in [0.25, 0.3) is 0 Å². The van der Waals surface area contributed by atoms with Gasteiger partial charge in [-0.15, -0.1) is 0 Å². The third-order valence-electron chi connectivity index (χ3n) is 3.48. The van der Waals surface area contributed by atoms with E-state index in [4.69, 9.17) is 4.74 Å². The molecule has 0 bridgehead atoms. The maximum absolute atomic E-state index is 5.66. The maximum atomic E-state index is 5.66. The zero-order chi connectivity index (χ0) is 13.7. The van der Waals surface area contributed by atoms with Gasteiger partial charge in [-0.1, -0.05) is 12.1 Å². The van der Waals surface area contributed by atoms with Gasteiger partial charge in [-0.05, 0) is 64.0 Å². The molecule has 1 aliphatic heterocycles. The first kappa shape index (κ1) is 14.4. The van der Waals surface area contributed by atoms with Crippen LogP contribution in [-0.4, -0.2) is 37.7 Å². The molecule has 2 rings (SSSR count).